The molecule has 12 heteroatoms. The topological polar surface area (TPSA) is 85.9 Å². The van der Waals surface area contributed by atoms with E-state index in [0.717, 1.165) is 16.6 Å². The standard InChI is InChI=1S/C25H27Cl3N4O4S/c1-16-3-5-20-19(13-16)18-7-8-32(15-21(18)29-20)37(34,35)17-4-6-23(36-2)22(14-17)30-9-11-31(12-10-30)24(33)25(26,27)28/h3-6,13-14,29H,7-12,15H2,1-2H3. The maximum atomic E-state index is 13.7. The minimum atomic E-state index is -3.77. The van der Waals surface area contributed by atoms with Gasteiger partial charge < -0.3 is 19.5 Å². The second kappa shape index (κ2) is 9.85. The average Bonchev–Trinajstić information content (AvgIpc) is 3.24. The molecule has 1 aromatic heterocycles. The highest BCUT2D eigenvalue weighted by molar-refractivity contribution is 7.89. The van der Waals surface area contributed by atoms with Crippen molar-refractivity contribution in [1.82, 2.24) is 14.2 Å². The fraction of sp³-hybridized carbons (Fsp3) is 0.400. The zero-order valence-corrected chi connectivity index (χ0v) is 23.5. The van der Waals surface area contributed by atoms with Crippen molar-refractivity contribution in [2.75, 3.05) is 44.7 Å². The van der Waals surface area contributed by atoms with Crippen LogP contribution in [-0.4, -0.2) is 72.1 Å². The molecule has 1 amide bonds. The van der Waals surface area contributed by atoms with Crippen LogP contribution in [0.1, 0.15) is 16.8 Å². The number of hydrogen-bond acceptors (Lipinski definition) is 5. The Labute approximate surface area is 231 Å². The third kappa shape index (κ3) is 5.00. The molecule has 1 saturated heterocycles. The summed E-state index contributed by atoms with van der Waals surface area (Å²) in [6.07, 6.45) is 0.639. The van der Waals surface area contributed by atoms with Crippen molar-refractivity contribution in [3.8, 4) is 5.75 Å². The molecule has 8 nitrogen and oxygen atoms in total. The van der Waals surface area contributed by atoms with Gasteiger partial charge in [0.05, 0.1) is 24.2 Å². The van der Waals surface area contributed by atoms with E-state index in [-0.39, 0.29) is 11.4 Å². The van der Waals surface area contributed by atoms with Crippen LogP contribution in [0.15, 0.2) is 41.3 Å². The SMILES string of the molecule is COc1ccc(S(=O)(=O)N2CCc3c([nH]c4ccc(C)cc34)C2)cc1N1CCN(C(=O)C(Cl)(Cl)Cl)CC1. The molecule has 0 unspecified atom stereocenters. The number of nitrogens with zero attached hydrogens (tertiary/aromatic N) is 3. The molecule has 0 aliphatic carbocycles. The molecule has 2 aliphatic heterocycles. The van der Waals surface area contributed by atoms with Crippen LogP contribution in [0.4, 0.5) is 5.69 Å². The van der Waals surface area contributed by atoms with E-state index in [1.165, 1.54) is 20.3 Å². The van der Waals surface area contributed by atoms with Gasteiger partial charge >= 0.3 is 0 Å². The lowest BCUT2D eigenvalue weighted by molar-refractivity contribution is -0.130. The van der Waals surface area contributed by atoms with Crippen LogP contribution in [0.5, 0.6) is 5.75 Å². The molecule has 37 heavy (non-hydrogen) atoms. The molecule has 3 aromatic rings. The number of anilines is 1. The van der Waals surface area contributed by atoms with E-state index < -0.39 is 19.7 Å². The number of ether oxygens (including phenoxy) is 1. The normalized spacial score (nSPS) is 17.2. The van der Waals surface area contributed by atoms with Crippen LogP contribution in [0.2, 0.25) is 0 Å². The molecule has 1 N–H and O–H groups in total. The number of amides is 1. The Morgan fingerprint density at radius 2 is 1.76 bits per heavy atom. The number of rotatable bonds is 4. The predicted molar refractivity (Wildman–Crippen MR) is 146 cm³/mol. The number of sulfonamides is 1. The molecule has 3 heterocycles. The number of aromatic amines is 1. The van der Waals surface area contributed by atoms with Gasteiger partial charge in [-0.2, -0.15) is 4.31 Å². The van der Waals surface area contributed by atoms with Crippen molar-refractivity contribution in [3.63, 3.8) is 0 Å². The molecule has 2 aromatic carbocycles. The van der Waals surface area contributed by atoms with Gasteiger partial charge in [0.25, 0.3) is 9.70 Å². The Morgan fingerprint density at radius 3 is 2.43 bits per heavy atom. The lowest BCUT2D eigenvalue weighted by atomic mass is 10.0. The predicted octanol–water partition coefficient (Wildman–Crippen LogP) is 4.25. The van der Waals surface area contributed by atoms with Crippen molar-refractivity contribution < 1.29 is 17.9 Å². The van der Waals surface area contributed by atoms with Crippen molar-refractivity contribution in [3.05, 3.63) is 53.2 Å². The molecule has 2 aliphatic rings. The minimum Gasteiger partial charge on any atom is -0.495 e. The second-order valence-electron chi connectivity index (χ2n) is 9.33. The molecule has 0 bridgehead atoms. The zero-order valence-electron chi connectivity index (χ0n) is 20.4. The smallest absolute Gasteiger partial charge is 0.274 e. The first-order chi connectivity index (χ1) is 17.5. The largest absolute Gasteiger partial charge is 0.495 e. The summed E-state index contributed by atoms with van der Waals surface area (Å²) in [7, 11) is -2.22. The van der Waals surface area contributed by atoms with Crippen molar-refractivity contribution >= 4 is 67.3 Å². The van der Waals surface area contributed by atoms with Gasteiger partial charge in [0, 0.05) is 49.3 Å². The quantitative estimate of drug-likeness (QED) is 0.463. The van der Waals surface area contributed by atoms with Crippen LogP contribution in [0.25, 0.3) is 10.9 Å². The fourth-order valence-corrected chi connectivity index (χ4v) is 6.88. The number of H-pyrrole nitrogens is 1. The first-order valence-corrected chi connectivity index (χ1v) is 14.5. The number of methoxy groups -OCH3 is 1. The first kappa shape index (κ1) is 26.4. The minimum absolute atomic E-state index is 0.193. The van der Waals surface area contributed by atoms with Crippen molar-refractivity contribution in [1.29, 1.82) is 0 Å². The van der Waals surface area contributed by atoms with E-state index in [1.54, 1.807) is 25.3 Å². The second-order valence-corrected chi connectivity index (χ2v) is 13.5. The van der Waals surface area contributed by atoms with Gasteiger partial charge in [-0.1, -0.05) is 46.4 Å². The molecule has 198 valence electrons. The van der Waals surface area contributed by atoms with Crippen molar-refractivity contribution in [2.24, 2.45) is 0 Å². The van der Waals surface area contributed by atoms with E-state index in [9.17, 15) is 13.2 Å². The Bertz CT molecular complexity index is 1460. The third-order valence-electron chi connectivity index (χ3n) is 7.03. The summed E-state index contributed by atoms with van der Waals surface area (Å²) in [6.45, 7) is 4.28. The molecular weight excluding hydrogens is 559 g/mol. The molecule has 0 atom stereocenters. The zero-order chi connectivity index (χ0) is 26.5. The van der Waals surface area contributed by atoms with Gasteiger partial charge in [0.2, 0.25) is 10.0 Å². The monoisotopic (exact) mass is 584 g/mol. The van der Waals surface area contributed by atoms with E-state index in [1.807, 2.05) is 17.0 Å². The number of piperazine rings is 1. The van der Waals surface area contributed by atoms with Crippen LogP contribution >= 0.6 is 34.8 Å². The maximum absolute atomic E-state index is 13.7. The van der Waals surface area contributed by atoms with Crippen LogP contribution in [0, 0.1) is 6.92 Å². The lowest BCUT2D eigenvalue weighted by Gasteiger charge is -2.37. The number of fused-ring (bicyclic) bond motifs is 3. The highest BCUT2D eigenvalue weighted by Crippen LogP contribution is 2.36. The number of nitrogens with one attached hydrogen (secondary N) is 1. The average molecular weight is 586 g/mol. The number of benzene rings is 2. The Morgan fingerprint density at radius 1 is 1.03 bits per heavy atom. The number of carbonyl (C=O) groups is 1. The maximum Gasteiger partial charge on any atom is 0.274 e. The Kier molecular flexibility index (Phi) is 7.04. The summed E-state index contributed by atoms with van der Waals surface area (Å²) in [5.74, 6) is -0.0240. The van der Waals surface area contributed by atoms with E-state index >= 15 is 0 Å². The van der Waals surface area contributed by atoms with Crippen LogP contribution in [-0.2, 0) is 27.8 Å². The summed E-state index contributed by atoms with van der Waals surface area (Å²) in [6, 6.07) is 11.1. The van der Waals surface area contributed by atoms with Gasteiger partial charge in [-0.25, -0.2) is 8.42 Å². The van der Waals surface area contributed by atoms with Crippen LogP contribution in [0.3, 0.4) is 0 Å². The van der Waals surface area contributed by atoms with Gasteiger partial charge in [-0.3, -0.25) is 4.79 Å². The van der Waals surface area contributed by atoms with Gasteiger partial charge in [0.15, 0.2) is 0 Å². The molecule has 0 radical (unpaired) electrons. The van der Waals surface area contributed by atoms with Gasteiger partial charge in [-0.15, -0.1) is 0 Å². The van der Waals surface area contributed by atoms with Gasteiger partial charge in [0.1, 0.15) is 5.75 Å². The van der Waals surface area contributed by atoms with E-state index in [2.05, 4.69) is 18.0 Å². The fourth-order valence-electron chi connectivity index (χ4n) is 5.09. The highest BCUT2D eigenvalue weighted by atomic mass is 35.6. The third-order valence-corrected chi connectivity index (χ3v) is 9.36. The number of aromatic nitrogens is 1. The van der Waals surface area contributed by atoms with Crippen LogP contribution < -0.4 is 9.64 Å². The van der Waals surface area contributed by atoms with Crippen molar-refractivity contribution in [2.45, 2.75) is 28.6 Å². The number of alkyl halides is 3. The van der Waals surface area contributed by atoms with Gasteiger partial charge in [-0.05, 0) is 49.2 Å². The molecular formula is C25H27Cl3N4O4S. The number of carbonyl (C=O) groups excluding carboxylic acids is 1. The van der Waals surface area contributed by atoms with E-state index in [0.29, 0.717) is 50.6 Å². The number of aryl methyl sites for hydroxylation is 1. The number of halogens is 3. The molecule has 5 rings (SSSR count). The number of hydrogen-bond donors (Lipinski definition) is 1. The summed E-state index contributed by atoms with van der Waals surface area (Å²) < 4.78 is 32.5. The highest BCUT2D eigenvalue weighted by Gasteiger charge is 2.37. The first-order valence-electron chi connectivity index (χ1n) is 11.9. The Balaban J connectivity index is 1.38. The van der Waals surface area contributed by atoms with E-state index in [4.69, 9.17) is 39.5 Å². The summed E-state index contributed by atoms with van der Waals surface area (Å²) >= 11 is 17.3. The summed E-state index contributed by atoms with van der Waals surface area (Å²) in [4.78, 5) is 19.4. The molecule has 0 spiro atoms. The molecule has 0 saturated carbocycles. The molecule has 1 fully saturated rings. The Hall–Kier alpha value is -2.17. The lowest BCUT2D eigenvalue weighted by Crippen LogP contribution is -2.51. The summed E-state index contributed by atoms with van der Waals surface area (Å²) in [5, 5.41) is 1.16. The summed E-state index contributed by atoms with van der Waals surface area (Å²) in [5.41, 5.74) is 4.95.